The van der Waals surface area contributed by atoms with Crippen molar-refractivity contribution in [1.29, 1.82) is 0 Å². The van der Waals surface area contributed by atoms with Crippen LogP contribution in [0.25, 0.3) is 11.0 Å². The van der Waals surface area contributed by atoms with Crippen LogP contribution in [0.5, 0.6) is 0 Å². The standard InChI is InChI=1S/C13H11N5O2S/c1-20-13(19)18-11-16-9-4-3-8(7-10(9)17-11)21-12-14-5-2-6-15-12/h2-7H,1H3,(H2,16,17,18,19). The third kappa shape index (κ3) is 3.11. The summed E-state index contributed by atoms with van der Waals surface area (Å²) in [6, 6.07) is 7.48. The lowest BCUT2D eigenvalue weighted by atomic mass is 10.3. The maximum Gasteiger partial charge on any atom is 0.413 e. The predicted octanol–water partition coefficient (Wildman–Crippen LogP) is 2.68. The van der Waals surface area contributed by atoms with Crippen LogP contribution in [0.1, 0.15) is 0 Å². The molecule has 3 rings (SSSR count). The number of rotatable bonds is 3. The average molecular weight is 301 g/mol. The van der Waals surface area contributed by atoms with Gasteiger partial charge in [0.15, 0.2) is 5.16 Å². The van der Waals surface area contributed by atoms with Crippen LogP contribution in [-0.4, -0.2) is 33.1 Å². The third-order valence-electron chi connectivity index (χ3n) is 2.61. The van der Waals surface area contributed by atoms with Gasteiger partial charge in [0.1, 0.15) is 0 Å². The van der Waals surface area contributed by atoms with Crippen molar-refractivity contribution in [3.8, 4) is 0 Å². The molecule has 0 saturated heterocycles. The molecular formula is C13H11N5O2S. The Balaban J connectivity index is 1.84. The summed E-state index contributed by atoms with van der Waals surface area (Å²) in [6.07, 6.45) is 2.83. The second kappa shape index (κ2) is 5.80. The number of hydrogen-bond donors (Lipinski definition) is 2. The Bertz CT molecular complexity index is 775. The summed E-state index contributed by atoms with van der Waals surface area (Å²) in [7, 11) is 1.30. The van der Waals surface area contributed by atoms with E-state index in [9.17, 15) is 4.79 Å². The Hall–Kier alpha value is -2.61. The van der Waals surface area contributed by atoms with Crippen LogP contribution in [0.3, 0.4) is 0 Å². The highest BCUT2D eigenvalue weighted by molar-refractivity contribution is 7.99. The third-order valence-corrected chi connectivity index (χ3v) is 3.49. The molecule has 0 atom stereocenters. The van der Waals surface area contributed by atoms with Crippen molar-refractivity contribution < 1.29 is 9.53 Å². The van der Waals surface area contributed by atoms with Gasteiger partial charge in [0.05, 0.1) is 18.1 Å². The zero-order valence-electron chi connectivity index (χ0n) is 11.0. The predicted molar refractivity (Wildman–Crippen MR) is 78.3 cm³/mol. The number of aromatic nitrogens is 4. The van der Waals surface area contributed by atoms with Gasteiger partial charge in [-0.15, -0.1) is 0 Å². The number of anilines is 1. The van der Waals surface area contributed by atoms with Gasteiger partial charge in [0.2, 0.25) is 5.95 Å². The van der Waals surface area contributed by atoms with Crippen LogP contribution in [0, 0.1) is 0 Å². The average Bonchev–Trinajstić information content (AvgIpc) is 2.89. The van der Waals surface area contributed by atoms with Crippen molar-refractivity contribution in [2.75, 3.05) is 12.4 Å². The molecule has 1 amide bonds. The lowest BCUT2D eigenvalue weighted by Crippen LogP contribution is -2.11. The van der Waals surface area contributed by atoms with E-state index in [1.165, 1.54) is 18.9 Å². The molecule has 106 valence electrons. The minimum absolute atomic E-state index is 0.343. The highest BCUT2D eigenvalue weighted by Gasteiger charge is 2.08. The van der Waals surface area contributed by atoms with Gasteiger partial charge in [-0.3, -0.25) is 5.32 Å². The molecule has 0 bridgehead atoms. The van der Waals surface area contributed by atoms with Gasteiger partial charge in [-0.25, -0.2) is 19.7 Å². The number of H-pyrrole nitrogens is 1. The monoisotopic (exact) mass is 301 g/mol. The SMILES string of the molecule is COC(=O)Nc1nc2ccc(Sc3ncccn3)cc2[nH]1. The summed E-state index contributed by atoms with van der Waals surface area (Å²) in [4.78, 5) is 27.7. The first-order valence-corrected chi connectivity index (χ1v) is 6.86. The second-order valence-corrected chi connectivity index (χ2v) is 5.06. The van der Waals surface area contributed by atoms with Gasteiger partial charge in [-0.05, 0) is 36.0 Å². The Kier molecular flexibility index (Phi) is 3.69. The molecule has 0 unspecified atom stereocenters. The molecule has 0 radical (unpaired) electrons. The Morgan fingerprint density at radius 1 is 1.33 bits per heavy atom. The lowest BCUT2D eigenvalue weighted by Gasteiger charge is -1.99. The summed E-state index contributed by atoms with van der Waals surface area (Å²) >= 11 is 1.45. The molecule has 8 heteroatoms. The number of nitrogens with one attached hydrogen (secondary N) is 2. The van der Waals surface area contributed by atoms with Gasteiger partial charge in [-0.2, -0.15) is 0 Å². The number of fused-ring (bicyclic) bond motifs is 1. The molecule has 3 aromatic rings. The van der Waals surface area contributed by atoms with Crippen LogP contribution < -0.4 is 5.32 Å². The Morgan fingerprint density at radius 2 is 2.14 bits per heavy atom. The minimum Gasteiger partial charge on any atom is -0.453 e. The summed E-state index contributed by atoms with van der Waals surface area (Å²) in [5, 5.41) is 3.16. The molecule has 2 aromatic heterocycles. The smallest absolute Gasteiger partial charge is 0.413 e. The zero-order chi connectivity index (χ0) is 14.7. The molecule has 0 spiro atoms. The fourth-order valence-electron chi connectivity index (χ4n) is 1.70. The molecule has 1 aromatic carbocycles. The number of carbonyl (C=O) groups excluding carboxylic acids is 1. The van der Waals surface area contributed by atoms with Crippen molar-refractivity contribution >= 4 is 34.8 Å². The topological polar surface area (TPSA) is 92.8 Å². The van der Waals surface area contributed by atoms with E-state index in [1.807, 2.05) is 18.2 Å². The van der Waals surface area contributed by atoms with E-state index in [2.05, 4.69) is 30.0 Å². The fraction of sp³-hybridized carbons (Fsp3) is 0.0769. The Morgan fingerprint density at radius 3 is 2.90 bits per heavy atom. The van der Waals surface area contributed by atoms with Crippen LogP contribution in [0.4, 0.5) is 10.7 Å². The first-order chi connectivity index (χ1) is 10.2. The van der Waals surface area contributed by atoms with E-state index >= 15 is 0 Å². The van der Waals surface area contributed by atoms with Crippen molar-refractivity contribution in [2.24, 2.45) is 0 Å². The maximum atomic E-state index is 11.2. The minimum atomic E-state index is -0.568. The number of methoxy groups -OCH3 is 1. The van der Waals surface area contributed by atoms with E-state index in [4.69, 9.17) is 0 Å². The van der Waals surface area contributed by atoms with Gasteiger partial charge in [0, 0.05) is 17.3 Å². The lowest BCUT2D eigenvalue weighted by molar-refractivity contribution is 0.186. The van der Waals surface area contributed by atoms with Crippen molar-refractivity contribution in [1.82, 2.24) is 19.9 Å². The van der Waals surface area contributed by atoms with Crippen LogP contribution in [0.2, 0.25) is 0 Å². The first-order valence-electron chi connectivity index (χ1n) is 6.04. The molecule has 0 saturated carbocycles. The number of aromatic amines is 1. The molecule has 2 N–H and O–H groups in total. The molecular weight excluding hydrogens is 290 g/mol. The molecule has 0 aliphatic rings. The molecule has 21 heavy (non-hydrogen) atoms. The highest BCUT2D eigenvalue weighted by atomic mass is 32.2. The normalized spacial score (nSPS) is 10.5. The zero-order valence-corrected chi connectivity index (χ0v) is 11.8. The van der Waals surface area contributed by atoms with Crippen LogP contribution in [0.15, 0.2) is 46.7 Å². The number of imidazole rings is 1. The van der Waals surface area contributed by atoms with E-state index in [-0.39, 0.29) is 0 Å². The number of amides is 1. The maximum absolute atomic E-state index is 11.2. The summed E-state index contributed by atoms with van der Waals surface area (Å²) < 4.78 is 4.52. The molecule has 0 fully saturated rings. The van der Waals surface area contributed by atoms with Crippen molar-refractivity contribution in [3.63, 3.8) is 0 Å². The van der Waals surface area contributed by atoms with Gasteiger partial charge in [0.25, 0.3) is 0 Å². The van der Waals surface area contributed by atoms with E-state index in [0.717, 1.165) is 15.9 Å². The van der Waals surface area contributed by atoms with Crippen LogP contribution >= 0.6 is 11.8 Å². The number of nitrogens with zero attached hydrogens (tertiary/aromatic N) is 3. The molecule has 0 aliphatic heterocycles. The van der Waals surface area contributed by atoms with Crippen LogP contribution in [-0.2, 0) is 4.74 Å². The molecule has 7 nitrogen and oxygen atoms in total. The van der Waals surface area contributed by atoms with Gasteiger partial charge >= 0.3 is 6.09 Å². The second-order valence-electron chi connectivity index (χ2n) is 4.01. The highest BCUT2D eigenvalue weighted by Crippen LogP contribution is 2.27. The number of carbonyl (C=O) groups is 1. The first kappa shape index (κ1) is 13.4. The van der Waals surface area contributed by atoms with E-state index in [0.29, 0.717) is 11.1 Å². The summed E-state index contributed by atoms with van der Waals surface area (Å²) in [5.41, 5.74) is 1.56. The number of ether oxygens (including phenoxy) is 1. The Labute approximate surface area is 124 Å². The quantitative estimate of drug-likeness (QED) is 0.722. The largest absolute Gasteiger partial charge is 0.453 e. The molecule has 0 aliphatic carbocycles. The number of benzene rings is 1. The van der Waals surface area contributed by atoms with Gasteiger partial charge in [-0.1, -0.05) is 0 Å². The summed E-state index contributed by atoms with van der Waals surface area (Å²) in [6.45, 7) is 0. The fourth-order valence-corrected chi connectivity index (χ4v) is 2.45. The van der Waals surface area contributed by atoms with E-state index in [1.54, 1.807) is 18.5 Å². The van der Waals surface area contributed by atoms with E-state index < -0.39 is 6.09 Å². The molecule has 2 heterocycles. The number of hydrogen-bond acceptors (Lipinski definition) is 6. The van der Waals surface area contributed by atoms with Crippen molar-refractivity contribution in [3.05, 3.63) is 36.7 Å². The van der Waals surface area contributed by atoms with Crippen molar-refractivity contribution in [2.45, 2.75) is 10.1 Å². The van der Waals surface area contributed by atoms with Gasteiger partial charge < -0.3 is 9.72 Å². The summed E-state index contributed by atoms with van der Waals surface area (Å²) in [5.74, 6) is 0.343.